The summed E-state index contributed by atoms with van der Waals surface area (Å²) in [6.07, 6.45) is 0.00983. The minimum Gasteiger partial charge on any atom is -0.465 e. The molecule has 0 aliphatic rings. The number of Topliss-reactive ketones (excluding diaryl/α,β-unsaturated/α-hetero) is 2. The first kappa shape index (κ1) is 17.7. The molecule has 0 N–H and O–H groups in total. The maximum absolute atomic E-state index is 12.0. The van der Waals surface area contributed by atoms with Crippen molar-refractivity contribution in [3.63, 3.8) is 0 Å². The van der Waals surface area contributed by atoms with Gasteiger partial charge in [0, 0.05) is 12.0 Å². The highest BCUT2D eigenvalue weighted by Gasteiger charge is 2.29. The first-order chi connectivity index (χ1) is 11.4. The second-order valence-electron chi connectivity index (χ2n) is 5.49. The van der Waals surface area contributed by atoms with Gasteiger partial charge >= 0.3 is 5.97 Å². The summed E-state index contributed by atoms with van der Waals surface area (Å²) >= 11 is 0. The van der Waals surface area contributed by atoms with Gasteiger partial charge in [0.25, 0.3) is 0 Å². The first-order valence-corrected chi connectivity index (χ1v) is 7.80. The fourth-order valence-electron chi connectivity index (χ4n) is 2.44. The number of hydrogen-bond donors (Lipinski definition) is 0. The van der Waals surface area contributed by atoms with Gasteiger partial charge in [0.2, 0.25) is 0 Å². The zero-order valence-corrected chi connectivity index (χ0v) is 14.0. The van der Waals surface area contributed by atoms with Crippen LogP contribution in [0.2, 0.25) is 0 Å². The lowest BCUT2D eigenvalue weighted by Crippen LogP contribution is -2.26. The third-order valence-electron chi connectivity index (χ3n) is 3.70. The van der Waals surface area contributed by atoms with Crippen molar-refractivity contribution in [2.75, 3.05) is 6.61 Å². The predicted octanol–water partition coefficient (Wildman–Crippen LogP) is 3.46. The number of ketones is 2. The smallest absolute Gasteiger partial charge is 0.316 e. The molecule has 0 aliphatic carbocycles. The van der Waals surface area contributed by atoms with E-state index in [-0.39, 0.29) is 24.6 Å². The van der Waals surface area contributed by atoms with E-state index in [9.17, 15) is 14.4 Å². The van der Waals surface area contributed by atoms with Gasteiger partial charge in [-0.05, 0) is 26.8 Å². The van der Waals surface area contributed by atoms with E-state index in [1.165, 1.54) is 13.8 Å². The van der Waals surface area contributed by atoms with Crippen LogP contribution in [0.1, 0.15) is 36.9 Å². The average molecular weight is 328 g/mol. The standard InChI is InChI=1S/C19H20O5/c1-4-23-19(22)16(13(3)21)11-18-15(12(2)20)10-17(24-18)14-8-6-5-7-9-14/h5-10,16H,4,11H2,1-3H3. The molecule has 2 aromatic rings. The summed E-state index contributed by atoms with van der Waals surface area (Å²) in [5, 5.41) is 0. The second-order valence-corrected chi connectivity index (χ2v) is 5.49. The number of hydrogen-bond acceptors (Lipinski definition) is 5. The maximum Gasteiger partial charge on any atom is 0.316 e. The van der Waals surface area contributed by atoms with Crippen LogP contribution in [0.25, 0.3) is 11.3 Å². The van der Waals surface area contributed by atoms with Gasteiger partial charge in [-0.15, -0.1) is 0 Å². The fraction of sp³-hybridized carbons (Fsp3) is 0.316. The highest BCUT2D eigenvalue weighted by molar-refractivity contribution is 5.99. The summed E-state index contributed by atoms with van der Waals surface area (Å²) in [6, 6.07) is 11.0. The molecular formula is C19H20O5. The Balaban J connectivity index is 2.38. The number of carbonyl (C=O) groups is 3. The molecule has 0 saturated carbocycles. The minimum atomic E-state index is -0.974. The quantitative estimate of drug-likeness (QED) is 0.442. The summed E-state index contributed by atoms with van der Waals surface area (Å²) in [4.78, 5) is 35.7. The first-order valence-electron chi connectivity index (χ1n) is 7.80. The molecule has 2 rings (SSSR count). The largest absolute Gasteiger partial charge is 0.465 e. The number of esters is 1. The van der Waals surface area contributed by atoms with Crippen molar-refractivity contribution >= 4 is 17.5 Å². The normalized spacial score (nSPS) is 11.8. The summed E-state index contributed by atoms with van der Waals surface area (Å²) < 4.78 is 10.7. The summed E-state index contributed by atoms with van der Waals surface area (Å²) in [5.74, 6) is -1.21. The molecule has 126 valence electrons. The molecular weight excluding hydrogens is 308 g/mol. The maximum atomic E-state index is 12.0. The lowest BCUT2D eigenvalue weighted by Gasteiger charge is -2.11. The zero-order valence-electron chi connectivity index (χ0n) is 14.0. The Labute approximate surface area is 140 Å². The molecule has 0 amide bonds. The van der Waals surface area contributed by atoms with Gasteiger partial charge in [-0.2, -0.15) is 0 Å². The molecule has 24 heavy (non-hydrogen) atoms. The van der Waals surface area contributed by atoms with E-state index in [2.05, 4.69) is 0 Å². The average Bonchev–Trinajstić information content (AvgIpc) is 2.97. The topological polar surface area (TPSA) is 73.6 Å². The van der Waals surface area contributed by atoms with E-state index >= 15 is 0 Å². The van der Waals surface area contributed by atoms with Crippen LogP contribution in [0.5, 0.6) is 0 Å². The molecule has 0 aliphatic heterocycles. The zero-order chi connectivity index (χ0) is 17.7. The van der Waals surface area contributed by atoms with Crippen LogP contribution in [0.4, 0.5) is 0 Å². The fourth-order valence-corrected chi connectivity index (χ4v) is 2.44. The molecule has 1 heterocycles. The number of ether oxygens (including phenoxy) is 1. The highest BCUT2D eigenvalue weighted by atomic mass is 16.5. The van der Waals surface area contributed by atoms with Crippen molar-refractivity contribution in [2.24, 2.45) is 5.92 Å². The van der Waals surface area contributed by atoms with E-state index < -0.39 is 11.9 Å². The van der Waals surface area contributed by atoms with Crippen LogP contribution in [-0.2, 0) is 20.7 Å². The number of rotatable bonds is 7. The van der Waals surface area contributed by atoms with Crippen molar-refractivity contribution in [3.05, 3.63) is 47.7 Å². The van der Waals surface area contributed by atoms with Crippen LogP contribution in [0, 0.1) is 5.92 Å². The van der Waals surface area contributed by atoms with E-state index in [1.54, 1.807) is 13.0 Å². The third-order valence-corrected chi connectivity index (χ3v) is 3.70. The lowest BCUT2D eigenvalue weighted by molar-refractivity contribution is -0.151. The van der Waals surface area contributed by atoms with Crippen LogP contribution >= 0.6 is 0 Å². The SMILES string of the molecule is CCOC(=O)C(Cc1oc(-c2ccccc2)cc1C(C)=O)C(C)=O. The Morgan fingerprint density at radius 2 is 1.79 bits per heavy atom. The number of benzene rings is 1. The third kappa shape index (κ3) is 3.98. The molecule has 0 spiro atoms. The van der Waals surface area contributed by atoms with Gasteiger partial charge < -0.3 is 9.15 Å². The Hall–Kier alpha value is -2.69. The van der Waals surface area contributed by atoms with Crippen molar-refractivity contribution in [3.8, 4) is 11.3 Å². The molecule has 1 aromatic carbocycles. The monoisotopic (exact) mass is 328 g/mol. The number of furan rings is 1. The molecule has 5 nitrogen and oxygen atoms in total. The Bertz CT molecular complexity index is 742. The van der Waals surface area contributed by atoms with Gasteiger partial charge in [0.05, 0.1) is 12.2 Å². The molecule has 1 unspecified atom stereocenters. The Morgan fingerprint density at radius 1 is 1.12 bits per heavy atom. The molecule has 0 radical (unpaired) electrons. The molecule has 0 saturated heterocycles. The molecule has 0 fully saturated rings. The number of carbonyl (C=O) groups excluding carboxylic acids is 3. The van der Waals surface area contributed by atoms with Crippen LogP contribution in [0.3, 0.4) is 0 Å². The van der Waals surface area contributed by atoms with Gasteiger partial charge in [-0.3, -0.25) is 14.4 Å². The van der Waals surface area contributed by atoms with Crippen molar-refractivity contribution in [2.45, 2.75) is 27.2 Å². The molecule has 0 bridgehead atoms. The second kappa shape index (κ2) is 7.73. The van der Waals surface area contributed by atoms with Crippen molar-refractivity contribution in [1.29, 1.82) is 0 Å². The van der Waals surface area contributed by atoms with Gasteiger partial charge in [0.1, 0.15) is 23.2 Å². The van der Waals surface area contributed by atoms with Gasteiger partial charge in [-0.25, -0.2) is 0 Å². The minimum absolute atomic E-state index is 0.00983. The van der Waals surface area contributed by atoms with Gasteiger partial charge in [0.15, 0.2) is 5.78 Å². The molecule has 1 atom stereocenters. The summed E-state index contributed by atoms with van der Waals surface area (Å²) in [5.41, 5.74) is 1.20. The predicted molar refractivity (Wildman–Crippen MR) is 88.7 cm³/mol. The highest BCUT2D eigenvalue weighted by Crippen LogP contribution is 2.28. The van der Waals surface area contributed by atoms with E-state index in [0.29, 0.717) is 17.1 Å². The van der Waals surface area contributed by atoms with E-state index in [4.69, 9.17) is 9.15 Å². The van der Waals surface area contributed by atoms with E-state index in [1.807, 2.05) is 30.3 Å². The molecule has 1 aromatic heterocycles. The van der Waals surface area contributed by atoms with Crippen LogP contribution in [0.15, 0.2) is 40.8 Å². The van der Waals surface area contributed by atoms with Crippen molar-refractivity contribution < 1.29 is 23.5 Å². The van der Waals surface area contributed by atoms with Gasteiger partial charge in [-0.1, -0.05) is 30.3 Å². The van der Waals surface area contributed by atoms with Crippen LogP contribution in [-0.4, -0.2) is 24.1 Å². The van der Waals surface area contributed by atoms with Crippen LogP contribution < -0.4 is 0 Å². The Kier molecular flexibility index (Phi) is 5.68. The molecule has 5 heteroatoms. The van der Waals surface area contributed by atoms with E-state index in [0.717, 1.165) is 5.56 Å². The summed E-state index contributed by atoms with van der Waals surface area (Å²) in [6.45, 7) is 4.62. The van der Waals surface area contributed by atoms with Crippen molar-refractivity contribution in [1.82, 2.24) is 0 Å². The lowest BCUT2D eigenvalue weighted by atomic mass is 9.97. The Morgan fingerprint density at radius 3 is 2.33 bits per heavy atom. The summed E-state index contributed by atoms with van der Waals surface area (Å²) in [7, 11) is 0.